The minimum atomic E-state index is -4.61. The fourth-order valence-corrected chi connectivity index (χ4v) is 4.82. The third kappa shape index (κ3) is 4.39. The summed E-state index contributed by atoms with van der Waals surface area (Å²) in [6.07, 6.45) is -1.87. The number of nitrogens with zero attached hydrogens (tertiary/aromatic N) is 6. The van der Waals surface area contributed by atoms with Crippen LogP contribution in [0.2, 0.25) is 0 Å². The second kappa shape index (κ2) is 9.47. The number of imidazole rings is 1. The van der Waals surface area contributed by atoms with Crippen LogP contribution in [0.25, 0.3) is 38.9 Å². The third-order valence-corrected chi connectivity index (χ3v) is 6.66. The van der Waals surface area contributed by atoms with Crippen molar-refractivity contribution in [2.45, 2.75) is 46.0 Å². The average Bonchev–Trinajstić information content (AvgIpc) is 3.63. The number of hydrogen-bond acceptors (Lipinski definition) is 6. The molecule has 0 aliphatic heterocycles. The minimum Gasteiger partial charge on any atom is -0.332 e. The summed E-state index contributed by atoms with van der Waals surface area (Å²) in [7, 11) is 0. The molecule has 192 valence electrons. The number of pyridine rings is 1. The Balaban J connectivity index is 1.59. The molecule has 9 nitrogen and oxygen atoms in total. The van der Waals surface area contributed by atoms with Crippen molar-refractivity contribution in [3.63, 3.8) is 0 Å². The van der Waals surface area contributed by atoms with E-state index in [2.05, 4.69) is 20.1 Å². The van der Waals surface area contributed by atoms with E-state index in [9.17, 15) is 22.8 Å². The first-order chi connectivity index (χ1) is 17.7. The molecule has 0 aromatic carbocycles. The Bertz CT molecular complexity index is 1680. The highest BCUT2D eigenvalue weighted by Gasteiger charge is 2.35. The lowest BCUT2D eigenvalue weighted by Crippen LogP contribution is -2.40. The van der Waals surface area contributed by atoms with Gasteiger partial charge < -0.3 is 4.98 Å². The zero-order valence-corrected chi connectivity index (χ0v) is 20.7. The Morgan fingerprint density at radius 2 is 1.81 bits per heavy atom. The summed E-state index contributed by atoms with van der Waals surface area (Å²) in [6, 6.07) is 7.61. The van der Waals surface area contributed by atoms with Gasteiger partial charge in [0, 0.05) is 24.8 Å². The lowest BCUT2D eigenvalue weighted by atomic mass is 10.2. The molecule has 0 saturated heterocycles. The molecule has 5 heterocycles. The molecule has 5 aromatic heterocycles. The fourth-order valence-electron chi connectivity index (χ4n) is 4.09. The summed E-state index contributed by atoms with van der Waals surface area (Å²) in [6.45, 7) is 4.49. The smallest absolute Gasteiger partial charge is 0.332 e. The van der Waals surface area contributed by atoms with Crippen molar-refractivity contribution in [3.8, 4) is 27.8 Å². The van der Waals surface area contributed by atoms with Crippen LogP contribution in [0.15, 0.2) is 51.5 Å². The highest BCUT2D eigenvalue weighted by atomic mass is 32.1. The first-order valence-electron chi connectivity index (χ1n) is 11.6. The molecule has 5 rings (SSSR count). The maximum Gasteiger partial charge on any atom is 0.435 e. The summed E-state index contributed by atoms with van der Waals surface area (Å²) in [4.78, 5) is 38.3. The Labute approximate surface area is 211 Å². The van der Waals surface area contributed by atoms with E-state index >= 15 is 0 Å². The molecule has 0 spiro atoms. The molecule has 0 unspecified atom stereocenters. The number of aromatic amines is 1. The number of thiophene rings is 1. The van der Waals surface area contributed by atoms with Crippen molar-refractivity contribution in [3.05, 3.63) is 68.4 Å². The molecule has 5 aromatic rings. The molecule has 0 amide bonds. The van der Waals surface area contributed by atoms with Crippen molar-refractivity contribution in [1.82, 2.24) is 33.9 Å². The van der Waals surface area contributed by atoms with Gasteiger partial charge in [0.25, 0.3) is 5.56 Å². The number of hydrogen-bond donors (Lipinski definition) is 1. The molecule has 0 radical (unpaired) electrons. The van der Waals surface area contributed by atoms with E-state index in [4.69, 9.17) is 0 Å². The molecular formula is C24H22F3N7O2S. The van der Waals surface area contributed by atoms with E-state index in [1.165, 1.54) is 32.7 Å². The van der Waals surface area contributed by atoms with Crippen molar-refractivity contribution in [1.29, 1.82) is 0 Å². The number of halogens is 3. The van der Waals surface area contributed by atoms with E-state index < -0.39 is 23.1 Å². The highest BCUT2D eigenvalue weighted by molar-refractivity contribution is 7.13. The van der Waals surface area contributed by atoms with Crippen molar-refractivity contribution in [2.75, 3.05) is 0 Å². The number of nitrogens with one attached hydrogen (secondary N) is 1. The van der Waals surface area contributed by atoms with Crippen LogP contribution in [0, 0.1) is 0 Å². The van der Waals surface area contributed by atoms with Gasteiger partial charge in [0.05, 0.1) is 10.6 Å². The van der Waals surface area contributed by atoms with Crippen LogP contribution in [0.1, 0.15) is 32.4 Å². The molecule has 37 heavy (non-hydrogen) atoms. The van der Waals surface area contributed by atoms with Gasteiger partial charge in [-0.3, -0.25) is 13.9 Å². The summed E-state index contributed by atoms with van der Waals surface area (Å²) in [5.74, 6) is 0.506. The molecule has 0 fully saturated rings. The zero-order chi connectivity index (χ0) is 26.3. The second-order valence-electron chi connectivity index (χ2n) is 8.38. The number of alkyl halides is 3. The molecule has 1 N–H and O–H groups in total. The summed E-state index contributed by atoms with van der Waals surface area (Å²) < 4.78 is 44.0. The van der Waals surface area contributed by atoms with E-state index in [1.807, 2.05) is 13.8 Å². The summed E-state index contributed by atoms with van der Waals surface area (Å²) in [5, 5.41) is 5.52. The number of H-pyrrole nitrogens is 1. The topological polar surface area (TPSA) is 103 Å². The van der Waals surface area contributed by atoms with Crippen molar-refractivity contribution < 1.29 is 13.2 Å². The SMILES string of the molecule is CCCn1c(=O)c2[nH]c(-c3ccc(-n4nc(C(F)(F)F)cc4-c4cccs4)nc3)nc2n(CCC)c1=O. The van der Waals surface area contributed by atoms with Gasteiger partial charge in [-0.05, 0) is 42.5 Å². The highest BCUT2D eigenvalue weighted by Crippen LogP contribution is 2.34. The predicted molar refractivity (Wildman–Crippen MR) is 134 cm³/mol. The second-order valence-corrected chi connectivity index (χ2v) is 9.33. The quantitative estimate of drug-likeness (QED) is 0.329. The first-order valence-corrected chi connectivity index (χ1v) is 12.5. The molecule has 0 bridgehead atoms. The van der Waals surface area contributed by atoms with Gasteiger partial charge in [-0.25, -0.2) is 19.4 Å². The monoisotopic (exact) mass is 529 g/mol. The zero-order valence-electron chi connectivity index (χ0n) is 19.9. The van der Waals surface area contributed by atoms with Crippen LogP contribution in [0.3, 0.4) is 0 Å². The fraction of sp³-hybridized carbons (Fsp3) is 0.292. The number of rotatable bonds is 7. The van der Waals surface area contributed by atoms with Gasteiger partial charge in [-0.1, -0.05) is 19.9 Å². The van der Waals surface area contributed by atoms with Crippen LogP contribution in [-0.4, -0.2) is 33.9 Å². The largest absolute Gasteiger partial charge is 0.435 e. The van der Waals surface area contributed by atoms with E-state index in [0.717, 1.165) is 10.7 Å². The Morgan fingerprint density at radius 1 is 1.05 bits per heavy atom. The van der Waals surface area contributed by atoms with Gasteiger partial charge in [-0.15, -0.1) is 11.3 Å². The number of fused-ring (bicyclic) bond motifs is 1. The van der Waals surface area contributed by atoms with Gasteiger partial charge in [0.15, 0.2) is 17.2 Å². The minimum absolute atomic E-state index is 0.187. The molecule has 13 heteroatoms. The van der Waals surface area contributed by atoms with Gasteiger partial charge in [0.2, 0.25) is 0 Å². The number of aromatic nitrogens is 7. The lowest BCUT2D eigenvalue weighted by molar-refractivity contribution is -0.141. The van der Waals surface area contributed by atoms with E-state index in [-0.39, 0.29) is 29.2 Å². The van der Waals surface area contributed by atoms with Gasteiger partial charge in [0.1, 0.15) is 11.3 Å². The molecule has 0 aliphatic carbocycles. The maximum atomic E-state index is 13.4. The van der Waals surface area contributed by atoms with E-state index in [0.29, 0.717) is 35.7 Å². The molecule has 0 aliphatic rings. The predicted octanol–water partition coefficient (Wildman–Crippen LogP) is 4.70. The summed E-state index contributed by atoms with van der Waals surface area (Å²) in [5.41, 5.74) is -0.643. The Morgan fingerprint density at radius 3 is 2.43 bits per heavy atom. The normalized spacial score (nSPS) is 12.0. The van der Waals surface area contributed by atoms with Crippen LogP contribution in [-0.2, 0) is 19.3 Å². The van der Waals surface area contributed by atoms with Crippen LogP contribution in [0.4, 0.5) is 13.2 Å². The van der Waals surface area contributed by atoms with Crippen molar-refractivity contribution >= 4 is 22.5 Å². The van der Waals surface area contributed by atoms with Crippen LogP contribution in [0.5, 0.6) is 0 Å². The van der Waals surface area contributed by atoms with Crippen LogP contribution < -0.4 is 11.2 Å². The molecular weight excluding hydrogens is 507 g/mol. The Hall–Kier alpha value is -4.00. The first kappa shape index (κ1) is 24.7. The molecule has 0 atom stereocenters. The van der Waals surface area contributed by atoms with Crippen LogP contribution >= 0.6 is 11.3 Å². The van der Waals surface area contributed by atoms with Gasteiger partial charge >= 0.3 is 11.9 Å². The standard InChI is InChI=1S/C24H22F3N7O2S/c1-3-9-32-21-19(22(35)33(10-4-2)23(32)36)29-20(30-21)14-7-8-18(28-13-14)34-15(16-6-5-11-37-16)12-17(31-34)24(25,26)27/h5-8,11-13H,3-4,9-10H2,1-2H3,(H,29,30). The number of aryl methyl sites for hydroxylation is 1. The van der Waals surface area contributed by atoms with Gasteiger partial charge in [-0.2, -0.15) is 18.3 Å². The summed E-state index contributed by atoms with van der Waals surface area (Å²) >= 11 is 1.29. The average molecular weight is 530 g/mol. The Kier molecular flexibility index (Phi) is 6.31. The molecule has 0 saturated carbocycles. The lowest BCUT2D eigenvalue weighted by Gasteiger charge is -2.09. The van der Waals surface area contributed by atoms with E-state index in [1.54, 1.807) is 23.6 Å². The third-order valence-electron chi connectivity index (χ3n) is 5.77. The van der Waals surface area contributed by atoms with Crippen molar-refractivity contribution in [2.24, 2.45) is 0 Å². The maximum absolute atomic E-state index is 13.4.